The molecule has 0 aliphatic carbocycles. The van der Waals surface area contributed by atoms with Crippen molar-refractivity contribution in [2.45, 2.75) is 13.0 Å². The SMILES string of the molecule is O=C(Cn1nnc(-c2ccccc2)n1)N1CCC(c2ccccc2)=N1. The monoisotopic (exact) mass is 332 g/mol. The van der Waals surface area contributed by atoms with Gasteiger partial charge in [0, 0.05) is 12.0 Å². The van der Waals surface area contributed by atoms with Gasteiger partial charge in [-0.25, -0.2) is 5.01 Å². The highest BCUT2D eigenvalue weighted by molar-refractivity contribution is 6.02. The van der Waals surface area contributed by atoms with E-state index in [1.807, 2.05) is 60.7 Å². The molecule has 124 valence electrons. The summed E-state index contributed by atoms with van der Waals surface area (Å²) in [6, 6.07) is 19.4. The van der Waals surface area contributed by atoms with Crippen LogP contribution in [0, 0.1) is 0 Å². The van der Waals surface area contributed by atoms with E-state index in [4.69, 9.17) is 0 Å². The van der Waals surface area contributed by atoms with E-state index in [-0.39, 0.29) is 12.5 Å². The molecule has 0 N–H and O–H groups in total. The Morgan fingerprint density at radius 3 is 2.36 bits per heavy atom. The first-order chi connectivity index (χ1) is 12.3. The lowest BCUT2D eigenvalue weighted by Crippen LogP contribution is -2.28. The van der Waals surface area contributed by atoms with Crippen molar-refractivity contribution in [1.29, 1.82) is 0 Å². The van der Waals surface area contributed by atoms with Crippen LogP contribution in [0.4, 0.5) is 0 Å². The summed E-state index contributed by atoms with van der Waals surface area (Å²) in [5.74, 6) is 0.353. The fourth-order valence-corrected chi connectivity index (χ4v) is 2.69. The number of hydrazone groups is 1. The van der Waals surface area contributed by atoms with Gasteiger partial charge in [-0.15, -0.1) is 10.2 Å². The average Bonchev–Trinajstić information content (AvgIpc) is 3.33. The van der Waals surface area contributed by atoms with Gasteiger partial charge < -0.3 is 0 Å². The maximum atomic E-state index is 12.4. The first-order valence-electron chi connectivity index (χ1n) is 8.06. The Hall–Kier alpha value is -3.35. The number of tetrazole rings is 1. The van der Waals surface area contributed by atoms with Gasteiger partial charge in [-0.3, -0.25) is 4.79 Å². The van der Waals surface area contributed by atoms with Crippen LogP contribution < -0.4 is 0 Å². The van der Waals surface area contributed by atoms with E-state index in [9.17, 15) is 4.79 Å². The Morgan fingerprint density at radius 2 is 1.64 bits per heavy atom. The quantitative estimate of drug-likeness (QED) is 0.732. The first kappa shape index (κ1) is 15.2. The van der Waals surface area contributed by atoms with Crippen LogP contribution in [0.25, 0.3) is 11.4 Å². The Balaban J connectivity index is 1.45. The van der Waals surface area contributed by atoms with Crippen molar-refractivity contribution in [3.05, 3.63) is 66.2 Å². The molecule has 0 saturated carbocycles. The summed E-state index contributed by atoms with van der Waals surface area (Å²) in [6.07, 6.45) is 0.746. The Labute approximate surface area is 144 Å². The highest BCUT2D eigenvalue weighted by Gasteiger charge is 2.22. The Bertz CT molecular complexity index is 904. The molecular weight excluding hydrogens is 316 g/mol. The molecule has 0 fully saturated rings. The number of carbonyl (C=O) groups is 1. The van der Waals surface area contributed by atoms with Crippen molar-refractivity contribution in [2.24, 2.45) is 5.10 Å². The van der Waals surface area contributed by atoms with Crippen LogP contribution >= 0.6 is 0 Å². The molecule has 7 nitrogen and oxygen atoms in total. The third kappa shape index (κ3) is 3.30. The number of rotatable bonds is 4. The fraction of sp³-hybridized carbons (Fsp3) is 0.167. The minimum absolute atomic E-state index is 0.0192. The highest BCUT2D eigenvalue weighted by atomic mass is 16.2. The summed E-state index contributed by atoms with van der Waals surface area (Å²) < 4.78 is 0. The summed E-state index contributed by atoms with van der Waals surface area (Å²) >= 11 is 0. The number of aromatic nitrogens is 4. The molecule has 1 aliphatic rings. The van der Waals surface area contributed by atoms with Crippen molar-refractivity contribution in [2.75, 3.05) is 6.54 Å². The average molecular weight is 332 g/mol. The molecule has 4 rings (SSSR count). The molecule has 25 heavy (non-hydrogen) atoms. The van der Waals surface area contributed by atoms with Crippen molar-refractivity contribution < 1.29 is 4.79 Å². The predicted octanol–water partition coefficient (Wildman–Crippen LogP) is 1.98. The molecule has 0 spiro atoms. The van der Waals surface area contributed by atoms with Gasteiger partial charge in [0.05, 0.1) is 12.3 Å². The van der Waals surface area contributed by atoms with Crippen molar-refractivity contribution in [1.82, 2.24) is 25.2 Å². The van der Waals surface area contributed by atoms with E-state index >= 15 is 0 Å². The summed E-state index contributed by atoms with van der Waals surface area (Å²) in [5, 5.41) is 18.1. The fourth-order valence-electron chi connectivity index (χ4n) is 2.69. The highest BCUT2D eigenvalue weighted by Crippen LogP contribution is 2.15. The van der Waals surface area contributed by atoms with Crippen molar-refractivity contribution >= 4 is 11.6 Å². The summed E-state index contributed by atoms with van der Waals surface area (Å²) in [5.41, 5.74) is 2.83. The van der Waals surface area contributed by atoms with Gasteiger partial charge in [0.2, 0.25) is 5.82 Å². The molecule has 2 heterocycles. The molecule has 3 aromatic rings. The summed E-state index contributed by atoms with van der Waals surface area (Å²) in [7, 11) is 0. The van der Waals surface area contributed by atoms with Crippen LogP contribution in [0.2, 0.25) is 0 Å². The summed E-state index contributed by atoms with van der Waals surface area (Å²) in [4.78, 5) is 13.7. The summed E-state index contributed by atoms with van der Waals surface area (Å²) in [6.45, 7) is 0.592. The molecule has 1 amide bonds. The Morgan fingerprint density at radius 1 is 0.960 bits per heavy atom. The molecule has 7 heteroatoms. The van der Waals surface area contributed by atoms with Gasteiger partial charge in [0.1, 0.15) is 6.54 Å². The number of nitrogens with zero attached hydrogens (tertiary/aromatic N) is 6. The van der Waals surface area contributed by atoms with E-state index in [1.54, 1.807) is 0 Å². The van der Waals surface area contributed by atoms with Gasteiger partial charge in [0.15, 0.2) is 0 Å². The number of amides is 1. The molecule has 1 aliphatic heterocycles. The molecule has 0 radical (unpaired) electrons. The first-order valence-corrected chi connectivity index (χ1v) is 8.06. The van der Waals surface area contributed by atoms with Crippen LogP contribution in [-0.2, 0) is 11.3 Å². The normalized spacial score (nSPS) is 13.8. The second-order valence-corrected chi connectivity index (χ2v) is 5.69. The molecule has 0 saturated heterocycles. The molecule has 1 aromatic heterocycles. The van der Waals surface area contributed by atoms with Crippen LogP contribution in [-0.4, -0.2) is 43.4 Å². The lowest BCUT2D eigenvalue weighted by Gasteiger charge is -2.09. The third-order valence-electron chi connectivity index (χ3n) is 3.96. The van der Waals surface area contributed by atoms with E-state index < -0.39 is 0 Å². The van der Waals surface area contributed by atoms with Crippen LogP contribution in [0.5, 0.6) is 0 Å². The number of hydrogen-bond donors (Lipinski definition) is 0. The predicted molar refractivity (Wildman–Crippen MR) is 92.6 cm³/mol. The van der Waals surface area contributed by atoms with E-state index in [0.29, 0.717) is 12.4 Å². The standard InChI is InChI=1S/C18H16N6O/c25-17(23-12-11-16(20-23)14-7-3-1-4-8-14)13-24-21-18(19-22-24)15-9-5-2-6-10-15/h1-10H,11-13H2. The maximum absolute atomic E-state index is 12.4. The van der Waals surface area contributed by atoms with Gasteiger partial charge in [-0.2, -0.15) is 9.90 Å². The number of hydrogen-bond acceptors (Lipinski definition) is 5. The third-order valence-corrected chi connectivity index (χ3v) is 3.96. The second-order valence-electron chi connectivity index (χ2n) is 5.69. The molecule has 0 bridgehead atoms. The topological polar surface area (TPSA) is 76.3 Å². The zero-order chi connectivity index (χ0) is 17.1. The number of benzene rings is 2. The minimum Gasteiger partial charge on any atom is -0.271 e. The smallest absolute Gasteiger partial charge is 0.266 e. The molecule has 0 unspecified atom stereocenters. The van der Waals surface area contributed by atoms with Crippen molar-refractivity contribution in [3.8, 4) is 11.4 Å². The van der Waals surface area contributed by atoms with Gasteiger partial charge in [-0.05, 0) is 10.8 Å². The van der Waals surface area contributed by atoms with E-state index in [1.165, 1.54) is 9.81 Å². The van der Waals surface area contributed by atoms with E-state index in [2.05, 4.69) is 20.5 Å². The zero-order valence-electron chi connectivity index (χ0n) is 13.5. The number of carbonyl (C=O) groups excluding carboxylic acids is 1. The lowest BCUT2D eigenvalue weighted by molar-refractivity contribution is -0.131. The lowest BCUT2D eigenvalue weighted by atomic mass is 10.1. The largest absolute Gasteiger partial charge is 0.271 e. The zero-order valence-corrected chi connectivity index (χ0v) is 13.5. The molecule has 2 aromatic carbocycles. The maximum Gasteiger partial charge on any atom is 0.266 e. The van der Waals surface area contributed by atoms with Gasteiger partial charge >= 0.3 is 0 Å². The van der Waals surface area contributed by atoms with E-state index in [0.717, 1.165) is 23.3 Å². The minimum atomic E-state index is -0.150. The van der Waals surface area contributed by atoms with Crippen LogP contribution in [0.3, 0.4) is 0 Å². The van der Waals surface area contributed by atoms with Crippen LogP contribution in [0.15, 0.2) is 65.8 Å². The molecule has 0 atom stereocenters. The van der Waals surface area contributed by atoms with Crippen molar-refractivity contribution in [3.63, 3.8) is 0 Å². The second kappa shape index (κ2) is 6.64. The van der Waals surface area contributed by atoms with Gasteiger partial charge in [0.25, 0.3) is 5.91 Å². The van der Waals surface area contributed by atoms with Gasteiger partial charge in [-0.1, -0.05) is 60.7 Å². The Kier molecular flexibility index (Phi) is 4.04. The molecular formula is C18H16N6O. The van der Waals surface area contributed by atoms with Crippen LogP contribution in [0.1, 0.15) is 12.0 Å².